The summed E-state index contributed by atoms with van der Waals surface area (Å²) < 4.78 is 5.61. The van der Waals surface area contributed by atoms with Crippen molar-refractivity contribution in [1.82, 2.24) is 4.90 Å². The molecule has 0 bridgehead atoms. The Hall–Kier alpha value is -2.90. The molecule has 2 aromatic carbocycles. The molecule has 0 radical (unpaired) electrons. The number of carboxylic acids is 1. The van der Waals surface area contributed by atoms with E-state index in [0.717, 1.165) is 22.2 Å². The van der Waals surface area contributed by atoms with E-state index in [2.05, 4.69) is 6.58 Å². The summed E-state index contributed by atoms with van der Waals surface area (Å²) in [5, 5.41) is 11.8. The standard InChI is InChI=1S/C21H17NO4S2/c1-2-12-26-16-10-8-14(9-11-16)13-17-19(23)22(21(27)28-17)18(20(24)25)15-6-4-3-5-7-15/h2-11,13,18H,1,12H2,(H,24,25)/p-1/b17-13+/t18-/m0/s1. The smallest absolute Gasteiger partial charge is 0.267 e. The van der Waals surface area contributed by atoms with Crippen LogP contribution >= 0.6 is 24.0 Å². The van der Waals surface area contributed by atoms with Gasteiger partial charge in [0.05, 0.1) is 10.9 Å². The van der Waals surface area contributed by atoms with Crippen molar-refractivity contribution in [2.45, 2.75) is 6.04 Å². The van der Waals surface area contributed by atoms with Crippen LogP contribution < -0.4 is 9.84 Å². The molecule has 1 heterocycles. The van der Waals surface area contributed by atoms with Gasteiger partial charge < -0.3 is 14.6 Å². The van der Waals surface area contributed by atoms with Crippen LogP contribution in [0.1, 0.15) is 17.2 Å². The lowest BCUT2D eigenvalue weighted by Crippen LogP contribution is -2.43. The van der Waals surface area contributed by atoms with E-state index in [1.807, 2.05) is 0 Å². The lowest BCUT2D eigenvalue weighted by atomic mass is 10.1. The molecule has 0 aliphatic carbocycles. The number of hydrogen-bond donors (Lipinski definition) is 0. The van der Waals surface area contributed by atoms with Gasteiger partial charge in [-0.15, -0.1) is 0 Å². The van der Waals surface area contributed by atoms with Gasteiger partial charge in [-0.05, 0) is 29.3 Å². The molecule has 0 spiro atoms. The average molecular weight is 410 g/mol. The summed E-state index contributed by atoms with van der Waals surface area (Å²) in [6, 6.07) is 14.3. The number of nitrogens with zero attached hydrogens (tertiary/aromatic N) is 1. The molecular formula is C21H16NO4S2-. The predicted molar refractivity (Wildman–Crippen MR) is 111 cm³/mol. The van der Waals surface area contributed by atoms with Crippen LogP contribution in [0.3, 0.4) is 0 Å². The molecule has 1 saturated heterocycles. The Morgan fingerprint density at radius 3 is 2.50 bits per heavy atom. The molecule has 28 heavy (non-hydrogen) atoms. The fraction of sp³-hybridized carbons (Fsp3) is 0.0952. The third kappa shape index (κ3) is 4.32. The van der Waals surface area contributed by atoms with E-state index in [1.165, 1.54) is 0 Å². The number of amides is 1. The minimum atomic E-state index is -1.38. The molecule has 2 aromatic rings. The maximum absolute atomic E-state index is 12.9. The molecule has 5 nitrogen and oxygen atoms in total. The second-order valence-electron chi connectivity index (χ2n) is 5.85. The van der Waals surface area contributed by atoms with Gasteiger partial charge in [0.25, 0.3) is 5.91 Å². The van der Waals surface area contributed by atoms with Crippen LogP contribution in [-0.2, 0) is 9.59 Å². The number of ether oxygens (including phenoxy) is 1. The van der Waals surface area contributed by atoms with Gasteiger partial charge in [-0.1, -0.05) is 79.1 Å². The Bertz CT molecular complexity index is 939. The number of carbonyl (C=O) groups is 2. The summed E-state index contributed by atoms with van der Waals surface area (Å²) in [7, 11) is 0. The number of thioether (sulfide) groups is 1. The molecule has 7 heteroatoms. The number of carboxylic acid groups (broad SMARTS) is 1. The van der Waals surface area contributed by atoms with E-state index in [1.54, 1.807) is 66.7 Å². The molecule has 0 saturated carbocycles. The Morgan fingerprint density at radius 2 is 1.89 bits per heavy atom. The van der Waals surface area contributed by atoms with Crippen molar-refractivity contribution in [2.75, 3.05) is 6.61 Å². The second kappa shape index (κ2) is 8.86. The van der Waals surface area contributed by atoms with Crippen molar-refractivity contribution in [3.63, 3.8) is 0 Å². The van der Waals surface area contributed by atoms with Crippen molar-refractivity contribution < 1.29 is 19.4 Å². The van der Waals surface area contributed by atoms with Gasteiger partial charge in [0, 0.05) is 0 Å². The molecule has 0 unspecified atom stereocenters. The van der Waals surface area contributed by atoms with Crippen molar-refractivity contribution in [1.29, 1.82) is 0 Å². The number of hydrogen-bond acceptors (Lipinski definition) is 6. The first-order chi connectivity index (χ1) is 13.5. The van der Waals surface area contributed by atoms with Gasteiger partial charge in [-0.2, -0.15) is 0 Å². The van der Waals surface area contributed by atoms with E-state index in [0.29, 0.717) is 22.8 Å². The molecular weight excluding hydrogens is 394 g/mol. The first kappa shape index (κ1) is 19.9. The number of carbonyl (C=O) groups excluding carboxylic acids is 2. The van der Waals surface area contributed by atoms with E-state index in [9.17, 15) is 14.7 Å². The molecule has 142 valence electrons. The fourth-order valence-corrected chi connectivity index (χ4v) is 4.01. The Morgan fingerprint density at radius 1 is 1.21 bits per heavy atom. The first-order valence-electron chi connectivity index (χ1n) is 8.38. The second-order valence-corrected chi connectivity index (χ2v) is 7.53. The minimum Gasteiger partial charge on any atom is -0.547 e. The summed E-state index contributed by atoms with van der Waals surface area (Å²) in [5.74, 6) is -1.15. The van der Waals surface area contributed by atoms with Crippen molar-refractivity contribution in [3.05, 3.63) is 83.3 Å². The van der Waals surface area contributed by atoms with Gasteiger partial charge in [-0.3, -0.25) is 9.69 Å². The minimum absolute atomic E-state index is 0.181. The van der Waals surface area contributed by atoms with Crippen LogP contribution in [0.25, 0.3) is 6.08 Å². The van der Waals surface area contributed by atoms with Gasteiger partial charge in [-0.25, -0.2) is 0 Å². The zero-order chi connectivity index (χ0) is 20.1. The quantitative estimate of drug-likeness (QED) is 0.397. The number of thiocarbonyl (C=S) groups is 1. The van der Waals surface area contributed by atoms with E-state index < -0.39 is 17.9 Å². The van der Waals surface area contributed by atoms with Gasteiger partial charge in [0.1, 0.15) is 22.7 Å². The molecule has 0 N–H and O–H groups in total. The summed E-state index contributed by atoms with van der Waals surface area (Å²) >= 11 is 6.35. The molecule has 1 fully saturated rings. The van der Waals surface area contributed by atoms with Gasteiger partial charge in [0.2, 0.25) is 0 Å². The fourth-order valence-electron chi connectivity index (χ4n) is 2.70. The average Bonchev–Trinajstić information content (AvgIpc) is 2.96. The van der Waals surface area contributed by atoms with E-state index >= 15 is 0 Å². The zero-order valence-corrected chi connectivity index (χ0v) is 16.4. The highest BCUT2D eigenvalue weighted by Gasteiger charge is 2.38. The molecule has 1 amide bonds. The monoisotopic (exact) mass is 410 g/mol. The van der Waals surface area contributed by atoms with Crippen LogP contribution in [0.15, 0.2) is 72.2 Å². The summed E-state index contributed by atoms with van der Waals surface area (Å²) in [6.07, 6.45) is 3.33. The summed E-state index contributed by atoms with van der Waals surface area (Å²) in [5.41, 5.74) is 1.21. The van der Waals surface area contributed by atoms with Gasteiger partial charge >= 0.3 is 0 Å². The highest BCUT2D eigenvalue weighted by atomic mass is 32.2. The zero-order valence-electron chi connectivity index (χ0n) is 14.7. The maximum atomic E-state index is 12.9. The third-order valence-corrected chi connectivity index (χ3v) is 5.30. The lowest BCUT2D eigenvalue weighted by molar-refractivity contribution is -0.310. The maximum Gasteiger partial charge on any atom is 0.267 e. The molecule has 3 rings (SSSR count). The van der Waals surface area contributed by atoms with Crippen LogP contribution in [0, 0.1) is 0 Å². The summed E-state index contributed by atoms with van der Waals surface area (Å²) in [6.45, 7) is 4.00. The van der Waals surface area contributed by atoms with Crippen LogP contribution in [0.4, 0.5) is 0 Å². The van der Waals surface area contributed by atoms with Crippen molar-refractivity contribution >= 4 is 46.3 Å². The largest absolute Gasteiger partial charge is 0.547 e. The van der Waals surface area contributed by atoms with Crippen LogP contribution in [-0.4, -0.2) is 27.7 Å². The molecule has 1 aliphatic heterocycles. The predicted octanol–water partition coefficient (Wildman–Crippen LogP) is 2.94. The van der Waals surface area contributed by atoms with E-state index in [4.69, 9.17) is 17.0 Å². The number of aliphatic carboxylic acids is 1. The Labute approximate surface area is 172 Å². The SMILES string of the molecule is C=CCOc1ccc(/C=C2/SC(=S)N([C@H](C(=O)[O-])c3ccccc3)C2=O)cc1. The number of rotatable bonds is 7. The van der Waals surface area contributed by atoms with Crippen molar-refractivity contribution in [3.8, 4) is 5.75 Å². The lowest BCUT2D eigenvalue weighted by Gasteiger charge is -2.27. The normalized spacial score (nSPS) is 16.3. The highest BCUT2D eigenvalue weighted by molar-refractivity contribution is 8.26. The molecule has 1 atom stereocenters. The highest BCUT2D eigenvalue weighted by Crippen LogP contribution is 2.38. The number of benzene rings is 2. The third-order valence-electron chi connectivity index (χ3n) is 3.97. The summed E-state index contributed by atoms with van der Waals surface area (Å²) in [4.78, 5) is 26.1. The first-order valence-corrected chi connectivity index (χ1v) is 9.60. The molecule has 1 aliphatic rings. The topological polar surface area (TPSA) is 69.7 Å². The van der Waals surface area contributed by atoms with Crippen molar-refractivity contribution in [2.24, 2.45) is 0 Å². The van der Waals surface area contributed by atoms with E-state index in [-0.39, 0.29) is 4.32 Å². The molecule has 0 aromatic heterocycles. The van der Waals surface area contributed by atoms with Crippen LogP contribution in [0.5, 0.6) is 5.75 Å². The van der Waals surface area contributed by atoms with Gasteiger partial charge in [0.15, 0.2) is 0 Å². The Kier molecular flexibility index (Phi) is 6.28. The van der Waals surface area contributed by atoms with Crippen LogP contribution in [0.2, 0.25) is 0 Å². The Balaban J connectivity index is 1.85.